The van der Waals surface area contributed by atoms with Gasteiger partial charge in [0.1, 0.15) is 6.04 Å². The van der Waals surface area contributed by atoms with Crippen LogP contribution in [0.15, 0.2) is 0 Å². The Bertz CT molecular complexity index is 191. The van der Waals surface area contributed by atoms with E-state index in [2.05, 4.69) is 6.92 Å². The highest BCUT2D eigenvalue weighted by Gasteiger charge is 2.17. The summed E-state index contributed by atoms with van der Waals surface area (Å²) >= 11 is 1.63. The number of carbonyl (C=O) groups excluding carboxylic acids is 1. The molecule has 0 saturated heterocycles. The SMILES string of the molecule is CCCCCC(N)OC(=O)[C@@H](N)CSCC. The second-order valence-corrected chi connectivity index (χ2v) is 5.06. The minimum atomic E-state index is -0.554. The van der Waals surface area contributed by atoms with Gasteiger partial charge in [0.2, 0.25) is 0 Å². The Labute approximate surface area is 102 Å². The lowest BCUT2D eigenvalue weighted by molar-refractivity contribution is -0.150. The molecule has 1 unspecified atom stereocenters. The number of rotatable bonds is 9. The molecule has 0 aliphatic rings. The third-order valence-corrected chi connectivity index (χ3v) is 3.17. The van der Waals surface area contributed by atoms with Crippen molar-refractivity contribution < 1.29 is 9.53 Å². The van der Waals surface area contributed by atoms with Crippen molar-refractivity contribution >= 4 is 17.7 Å². The molecule has 0 heterocycles. The predicted octanol–water partition coefficient (Wildman–Crippen LogP) is 1.48. The Morgan fingerprint density at radius 3 is 2.56 bits per heavy atom. The van der Waals surface area contributed by atoms with Crippen LogP contribution in [-0.2, 0) is 9.53 Å². The Morgan fingerprint density at radius 2 is 2.00 bits per heavy atom. The van der Waals surface area contributed by atoms with Crippen LogP contribution in [0.2, 0.25) is 0 Å². The van der Waals surface area contributed by atoms with Crippen LogP contribution in [0, 0.1) is 0 Å². The first-order chi connectivity index (χ1) is 7.61. The normalized spacial score (nSPS) is 14.5. The van der Waals surface area contributed by atoms with E-state index >= 15 is 0 Å². The summed E-state index contributed by atoms with van der Waals surface area (Å²) in [5.41, 5.74) is 11.3. The van der Waals surface area contributed by atoms with Crippen molar-refractivity contribution in [3.8, 4) is 0 Å². The van der Waals surface area contributed by atoms with Crippen LogP contribution in [0.4, 0.5) is 0 Å². The molecule has 2 atom stereocenters. The topological polar surface area (TPSA) is 78.3 Å². The van der Waals surface area contributed by atoms with E-state index < -0.39 is 12.3 Å². The van der Waals surface area contributed by atoms with E-state index in [4.69, 9.17) is 16.2 Å². The molecule has 0 rings (SSSR count). The number of hydrogen-bond donors (Lipinski definition) is 2. The third-order valence-electron chi connectivity index (χ3n) is 2.16. The first kappa shape index (κ1) is 15.7. The highest BCUT2D eigenvalue weighted by molar-refractivity contribution is 7.99. The predicted molar refractivity (Wildman–Crippen MR) is 69.2 cm³/mol. The molecule has 0 aromatic rings. The molecule has 4 N–H and O–H groups in total. The first-order valence-corrected chi connectivity index (χ1v) is 7.06. The van der Waals surface area contributed by atoms with Gasteiger partial charge in [-0.3, -0.25) is 10.5 Å². The average Bonchev–Trinajstić information content (AvgIpc) is 2.26. The molecule has 0 aromatic carbocycles. The van der Waals surface area contributed by atoms with Crippen LogP contribution in [0.5, 0.6) is 0 Å². The molecule has 0 spiro atoms. The van der Waals surface area contributed by atoms with Crippen molar-refractivity contribution in [1.29, 1.82) is 0 Å². The number of nitrogens with two attached hydrogens (primary N) is 2. The summed E-state index contributed by atoms with van der Waals surface area (Å²) in [6, 6.07) is -0.554. The number of ether oxygens (including phenoxy) is 1. The Hall–Kier alpha value is -0.260. The van der Waals surface area contributed by atoms with E-state index in [1.54, 1.807) is 11.8 Å². The highest BCUT2D eigenvalue weighted by atomic mass is 32.2. The molecule has 5 heteroatoms. The second-order valence-electron chi connectivity index (χ2n) is 3.74. The quantitative estimate of drug-likeness (QED) is 0.367. The molecule has 16 heavy (non-hydrogen) atoms. The van der Waals surface area contributed by atoms with Crippen molar-refractivity contribution in [2.24, 2.45) is 11.5 Å². The molecule has 0 aromatic heterocycles. The molecule has 4 nitrogen and oxygen atoms in total. The molecule has 96 valence electrons. The summed E-state index contributed by atoms with van der Waals surface area (Å²) in [6.45, 7) is 4.15. The van der Waals surface area contributed by atoms with Crippen molar-refractivity contribution in [1.82, 2.24) is 0 Å². The van der Waals surface area contributed by atoms with Gasteiger partial charge in [-0.1, -0.05) is 26.7 Å². The Kier molecular flexibility index (Phi) is 9.77. The third kappa shape index (κ3) is 7.96. The molecule has 0 fully saturated rings. The number of hydrogen-bond acceptors (Lipinski definition) is 5. The van der Waals surface area contributed by atoms with E-state index in [1.165, 1.54) is 0 Å². The van der Waals surface area contributed by atoms with E-state index in [-0.39, 0.29) is 5.97 Å². The van der Waals surface area contributed by atoms with Crippen LogP contribution >= 0.6 is 11.8 Å². The zero-order chi connectivity index (χ0) is 12.4. The van der Waals surface area contributed by atoms with Crippen molar-refractivity contribution in [3.05, 3.63) is 0 Å². The van der Waals surface area contributed by atoms with Gasteiger partial charge in [-0.15, -0.1) is 0 Å². The largest absolute Gasteiger partial charge is 0.446 e. The van der Waals surface area contributed by atoms with Gasteiger partial charge in [-0.2, -0.15) is 11.8 Å². The summed E-state index contributed by atoms with van der Waals surface area (Å²) < 4.78 is 5.06. The minimum Gasteiger partial charge on any atom is -0.446 e. The van der Waals surface area contributed by atoms with Gasteiger partial charge in [0, 0.05) is 5.75 Å². The Morgan fingerprint density at radius 1 is 1.31 bits per heavy atom. The molecular formula is C11H24N2O2S. The number of unbranched alkanes of at least 4 members (excludes halogenated alkanes) is 2. The standard InChI is InChI=1S/C11H24N2O2S/c1-3-5-6-7-10(13)15-11(14)9(12)8-16-4-2/h9-10H,3-8,12-13H2,1-2H3/t9-,10?/m0/s1. The maximum absolute atomic E-state index is 11.5. The van der Waals surface area contributed by atoms with E-state index in [0.717, 1.165) is 25.0 Å². The zero-order valence-corrected chi connectivity index (χ0v) is 11.1. The van der Waals surface area contributed by atoms with Gasteiger partial charge >= 0.3 is 5.97 Å². The number of carbonyl (C=O) groups is 1. The van der Waals surface area contributed by atoms with Crippen LogP contribution in [0.1, 0.15) is 39.5 Å². The van der Waals surface area contributed by atoms with Gasteiger partial charge in [0.05, 0.1) is 0 Å². The van der Waals surface area contributed by atoms with Crippen LogP contribution in [-0.4, -0.2) is 29.7 Å². The maximum atomic E-state index is 11.5. The van der Waals surface area contributed by atoms with Gasteiger partial charge in [-0.25, -0.2) is 0 Å². The van der Waals surface area contributed by atoms with Gasteiger partial charge in [0.15, 0.2) is 6.23 Å². The average molecular weight is 248 g/mol. The van der Waals surface area contributed by atoms with Crippen LogP contribution in [0.25, 0.3) is 0 Å². The molecule has 0 aliphatic carbocycles. The smallest absolute Gasteiger partial charge is 0.325 e. The summed E-state index contributed by atoms with van der Waals surface area (Å²) in [5.74, 6) is 1.16. The maximum Gasteiger partial charge on any atom is 0.325 e. The first-order valence-electron chi connectivity index (χ1n) is 5.91. The summed E-state index contributed by atoms with van der Waals surface area (Å²) in [7, 11) is 0. The van der Waals surface area contributed by atoms with Gasteiger partial charge in [-0.05, 0) is 18.6 Å². The molecular weight excluding hydrogens is 224 g/mol. The monoisotopic (exact) mass is 248 g/mol. The molecule has 0 radical (unpaired) electrons. The van der Waals surface area contributed by atoms with Crippen LogP contribution < -0.4 is 11.5 Å². The number of thioether (sulfide) groups is 1. The fourth-order valence-electron chi connectivity index (χ4n) is 1.20. The zero-order valence-electron chi connectivity index (χ0n) is 10.3. The number of esters is 1. The van der Waals surface area contributed by atoms with Gasteiger partial charge < -0.3 is 10.5 Å². The van der Waals surface area contributed by atoms with Crippen molar-refractivity contribution in [2.75, 3.05) is 11.5 Å². The summed E-state index contributed by atoms with van der Waals surface area (Å²) in [5, 5.41) is 0. The van der Waals surface area contributed by atoms with Crippen LogP contribution in [0.3, 0.4) is 0 Å². The minimum absolute atomic E-state index is 0.384. The summed E-state index contributed by atoms with van der Waals surface area (Å²) in [6.07, 6.45) is 3.45. The Balaban J connectivity index is 3.67. The fourth-order valence-corrected chi connectivity index (χ4v) is 1.83. The van der Waals surface area contributed by atoms with E-state index in [1.807, 2.05) is 6.92 Å². The molecule has 0 bridgehead atoms. The second kappa shape index (κ2) is 9.93. The highest BCUT2D eigenvalue weighted by Crippen LogP contribution is 2.06. The van der Waals surface area contributed by atoms with E-state index in [0.29, 0.717) is 12.2 Å². The summed E-state index contributed by atoms with van der Waals surface area (Å²) in [4.78, 5) is 11.5. The molecule has 0 saturated carbocycles. The lowest BCUT2D eigenvalue weighted by Crippen LogP contribution is -2.39. The fraction of sp³-hybridized carbons (Fsp3) is 0.909. The molecule has 0 aliphatic heterocycles. The van der Waals surface area contributed by atoms with Crippen molar-refractivity contribution in [3.63, 3.8) is 0 Å². The van der Waals surface area contributed by atoms with E-state index in [9.17, 15) is 4.79 Å². The van der Waals surface area contributed by atoms with Gasteiger partial charge in [0.25, 0.3) is 0 Å². The molecule has 0 amide bonds. The lowest BCUT2D eigenvalue weighted by Gasteiger charge is -2.16. The van der Waals surface area contributed by atoms with Crippen molar-refractivity contribution in [2.45, 2.75) is 51.8 Å². The lowest BCUT2D eigenvalue weighted by atomic mass is 10.2.